The molecule has 0 atom stereocenters. The Kier molecular flexibility index (Phi) is 3.32. The molecular formula is C11H14N3O3+. The molecule has 1 aliphatic rings. The quantitative estimate of drug-likeness (QED) is 0.690. The highest BCUT2D eigenvalue weighted by atomic mass is 16.4. The normalized spacial score (nSPS) is 14.4. The average Bonchev–Trinajstić information content (AvgIpc) is 3.11. The van der Waals surface area contributed by atoms with Crippen molar-refractivity contribution in [3.05, 3.63) is 24.0 Å². The topological polar surface area (TPSA) is 83.2 Å². The van der Waals surface area contributed by atoms with E-state index in [0.29, 0.717) is 18.2 Å². The number of nitrogens with one attached hydrogen (secondary N) is 1. The second kappa shape index (κ2) is 4.90. The van der Waals surface area contributed by atoms with Crippen LogP contribution in [0.3, 0.4) is 0 Å². The second-order valence-corrected chi connectivity index (χ2v) is 4.07. The molecule has 1 amide bonds. The Labute approximate surface area is 98.3 Å². The van der Waals surface area contributed by atoms with Gasteiger partial charge < -0.3 is 10.4 Å². The zero-order valence-corrected chi connectivity index (χ0v) is 9.30. The fraction of sp³-hybridized carbons (Fsp3) is 0.455. The van der Waals surface area contributed by atoms with Crippen LogP contribution in [0.5, 0.6) is 0 Å². The smallest absolute Gasteiger partial charge is 0.309 e. The maximum absolute atomic E-state index is 11.6. The van der Waals surface area contributed by atoms with E-state index in [1.807, 2.05) is 0 Å². The molecule has 6 heteroatoms. The van der Waals surface area contributed by atoms with Crippen molar-refractivity contribution < 1.29 is 19.4 Å². The summed E-state index contributed by atoms with van der Waals surface area (Å²) < 4.78 is 1.50. The van der Waals surface area contributed by atoms with Crippen molar-refractivity contribution in [1.29, 1.82) is 0 Å². The van der Waals surface area contributed by atoms with Crippen LogP contribution in [0.15, 0.2) is 18.5 Å². The Morgan fingerprint density at radius 2 is 2.29 bits per heavy atom. The van der Waals surface area contributed by atoms with E-state index in [9.17, 15) is 9.59 Å². The molecule has 0 radical (unpaired) electrons. The minimum atomic E-state index is -0.866. The molecule has 6 nitrogen and oxygen atoms in total. The number of rotatable bonds is 5. The van der Waals surface area contributed by atoms with Gasteiger partial charge in [-0.15, -0.1) is 0 Å². The molecule has 0 aliphatic heterocycles. The molecule has 90 valence electrons. The summed E-state index contributed by atoms with van der Waals surface area (Å²) in [4.78, 5) is 22.0. The molecule has 1 aliphatic carbocycles. The number of amides is 1. The zero-order chi connectivity index (χ0) is 12.3. The highest BCUT2D eigenvalue weighted by molar-refractivity contribution is 5.94. The third-order valence-electron chi connectivity index (χ3n) is 2.50. The number of hydrogen-bond donors (Lipinski definition) is 2. The van der Waals surface area contributed by atoms with Crippen molar-refractivity contribution in [3.8, 4) is 0 Å². The average molecular weight is 236 g/mol. The molecule has 0 spiro atoms. The number of carboxylic acid groups (broad SMARTS) is 1. The third kappa shape index (κ3) is 3.51. The molecule has 0 saturated heterocycles. The van der Waals surface area contributed by atoms with Gasteiger partial charge in [-0.3, -0.25) is 9.59 Å². The summed E-state index contributed by atoms with van der Waals surface area (Å²) in [6.07, 6.45) is 5.19. The lowest BCUT2D eigenvalue weighted by Gasteiger charge is -2.00. The number of carbonyl (C=O) groups excluding carboxylic acids is 1. The minimum Gasteiger partial charge on any atom is -0.481 e. The maximum atomic E-state index is 11.6. The van der Waals surface area contributed by atoms with Crippen molar-refractivity contribution in [2.24, 2.45) is 0 Å². The maximum Gasteiger partial charge on any atom is 0.309 e. The van der Waals surface area contributed by atoms with Crippen LogP contribution in [-0.4, -0.2) is 28.1 Å². The fourth-order valence-corrected chi connectivity index (χ4v) is 1.36. The molecular weight excluding hydrogens is 222 g/mol. The van der Waals surface area contributed by atoms with Crippen LogP contribution in [0.2, 0.25) is 0 Å². The van der Waals surface area contributed by atoms with Crippen LogP contribution in [0.1, 0.15) is 29.6 Å². The van der Waals surface area contributed by atoms with Gasteiger partial charge in [0.2, 0.25) is 0 Å². The summed E-state index contributed by atoms with van der Waals surface area (Å²) in [7, 11) is 0. The predicted molar refractivity (Wildman–Crippen MR) is 57.2 cm³/mol. The summed E-state index contributed by atoms with van der Waals surface area (Å²) in [6, 6.07) is 1.97. The van der Waals surface area contributed by atoms with Crippen molar-refractivity contribution in [1.82, 2.24) is 10.4 Å². The van der Waals surface area contributed by atoms with Gasteiger partial charge in [0, 0.05) is 12.1 Å². The van der Waals surface area contributed by atoms with E-state index < -0.39 is 5.97 Å². The lowest BCUT2D eigenvalue weighted by Crippen LogP contribution is -2.39. The van der Waals surface area contributed by atoms with Crippen molar-refractivity contribution in [2.75, 3.05) is 0 Å². The number of aryl methyl sites for hydroxylation is 1. The number of aliphatic carboxylic acids is 1. The number of carboxylic acids is 1. The van der Waals surface area contributed by atoms with E-state index in [2.05, 4.69) is 10.4 Å². The molecule has 17 heavy (non-hydrogen) atoms. The predicted octanol–water partition coefficient (Wildman–Crippen LogP) is -0.264. The number of aromatic nitrogens is 2. The number of carbonyl (C=O) groups is 2. The lowest BCUT2D eigenvalue weighted by atomic mass is 10.3. The van der Waals surface area contributed by atoms with Gasteiger partial charge in [-0.05, 0) is 17.9 Å². The molecule has 1 fully saturated rings. The standard InChI is InChI=1S/C11H13N3O3/c15-10(16)4-6-14-5-3-8(7-12-14)11(17)13-9-1-2-9/h3,5,7,9H,1-2,4,6H2,(H-,13,15,16,17)/p+1. The molecule has 2 rings (SSSR count). The van der Waals surface area contributed by atoms with E-state index in [1.54, 1.807) is 12.3 Å². The molecule has 1 aromatic rings. The fourth-order valence-electron chi connectivity index (χ4n) is 1.36. The SMILES string of the molecule is O=C(O)CC[n+]1ccc(C(=O)NC2CC2)cn1. The monoisotopic (exact) mass is 236 g/mol. The number of nitrogens with zero attached hydrogens (tertiary/aromatic N) is 2. The van der Waals surface area contributed by atoms with Crippen LogP contribution in [0.4, 0.5) is 0 Å². The molecule has 2 N–H and O–H groups in total. The van der Waals surface area contributed by atoms with Crippen molar-refractivity contribution >= 4 is 11.9 Å². The first-order chi connectivity index (χ1) is 8.15. The first-order valence-electron chi connectivity index (χ1n) is 5.53. The van der Waals surface area contributed by atoms with Gasteiger partial charge in [0.25, 0.3) is 5.91 Å². The van der Waals surface area contributed by atoms with Crippen LogP contribution in [0, 0.1) is 0 Å². The Hall–Kier alpha value is -1.98. The molecule has 0 aromatic carbocycles. The number of hydrogen-bond acceptors (Lipinski definition) is 3. The van der Waals surface area contributed by atoms with Gasteiger partial charge in [-0.1, -0.05) is 4.68 Å². The highest BCUT2D eigenvalue weighted by Gasteiger charge is 2.24. The van der Waals surface area contributed by atoms with Gasteiger partial charge in [0.1, 0.15) is 12.6 Å². The summed E-state index contributed by atoms with van der Waals surface area (Å²) in [6.45, 7) is 0.305. The van der Waals surface area contributed by atoms with E-state index in [4.69, 9.17) is 5.11 Å². The molecule has 0 unspecified atom stereocenters. The van der Waals surface area contributed by atoms with Gasteiger partial charge in [-0.25, -0.2) is 0 Å². The van der Waals surface area contributed by atoms with Gasteiger partial charge in [0.05, 0.1) is 5.56 Å². The van der Waals surface area contributed by atoms with Crippen molar-refractivity contribution in [2.45, 2.75) is 31.8 Å². The molecule has 1 heterocycles. The van der Waals surface area contributed by atoms with Gasteiger partial charge in [0.15, 0.2) is 12.7 Å². The summed E-state index contributed by atoms with van der Waals surface area (Å²) in [5.41, 5.74) is 0.503. The van der Waals surface area contributed by atoms with Crippen LogP contribution in [-0.2, 0) is 11.3 Å². The van der Waals surface area contributed by atoms with E-state index >= 15 is 0 Å². The zero-order valence-electron chi connectivity index (χ0n) is 9.30. The molecule has 1 aromatic heterocycles. The third-order valence-corrected chi connectivity index (χ3v) is 2.50. The van der Waals surface area contributed by atoms with E-state index in [0.717, 1.165) is 12.8 Å². The van der Waals surface area contributed by atoms with Crippen LogP contribution < -0.4 is 10.00 Å². The van der Waals surface area contributed by atoms with E-state index in [1.165, 1.54) is 10.9 Å². The van der Waals surface area contributed by atoms with Gasteiger partial charge in [-0.2, -0.15) is 0 Å². The molecule has 0 bridgehead atoms. The Morgan fingerprint density at radius 3 is 2.82 bits per heavy atom. The highest BCUT2D eigenvalue weighted by Crippen LogP contribution is 2.18. The van der Waals surface area contributed by atoms with Crippen LogP contribution >= 0.6 is 0 Å². The summed E-state index contributed by atoms with van der Waals surface area (Å²) in [5.74, 6) is -0.986. The van der Waals surface area contributed by atoms with E-state index in [-0.39, 0.29) is 12.3 Å². The first-order valence-corrected chi connectivity index (χ1v) is 5.53. The Morgan fingerprint density at radius 1 is 1.53 bits per heavy atom. The Bertz CT molecular complexity index is 426. The second-order valence-electron chi connectivity index (χ2n) is 4.07. The lowest BCUT2D eigenvalue weighted by molar-refractivity contribution is -0.753. The first kappa shape index (κ1) is 11.5. The summed E-state index contributed by atoms with van der Waals surface area (Å²) in [5, 5.41) is 15.4. The summed E-state index contributed by atoms with van der Waals surface area (Å²) >= 11 is 0. The minimum absolute atomic E-state index is 0.0191. The largest absolute Gasteiger partial charge is 0.481 e. The van der Waals surface area contributed by atoms with Crippen molar-refractivity contribution in [3.63, 3.8) is 0 Å². The molecule has 1 saturated carbocycles. The Balaban J connectivity index is 1.91. The van der Waals surface area contributed by atoms with Crippen LogP contribution in [0.25, 0.3) is 0 Å². The van der Waals surface area contributed by atoms with Gasteiger partial charge >= 0.3 is 5.97 Å².